The summed E-state index contributed by atoms with van der Waals surface area (Å²) in [6.45, 7) is 0.182. The van der Waals surface area contributed by atoms with Crippen molar-refractivity contribution in [1.82, 2.24) is 0 Å². The van der Waals surface area contributed by atoms with Gasteiger partial charge in [0.05, 0.1) is 6.61 Å². The second-order valence-electron chi connectivity index (χ2n) is 2.59. The molecule has 0 N–H and O–H groups in total. The monoisotopic (exact) mass is 224 g/mol. The van der Waals surface area contributed by atoms with E-state index in [1.165, 1.54) is 0 Å². The van der Waals surface area contributed by atoms with Crippen LogP contribution in [0.3, 0.4) is 0 Å². The predicted octanol–water partition coefficient (Wildman–Crippen LogP) is 1.89. The summed E-state index contributed by atoms with van der Waals surface area (Å²) in [5, 5.41) is 0. The van der Waals surface area contributed by atoms with Crippen molar-refractivity contribution in [3.05, 3.63) is 0 Å². The molecule has 0 bridgehead atoms. The first-order valence-electron chi connectivity index (χ1n) is 4.37. The molecule has 0 aromatic heterocycles. The zero-order valence-corrected chi connectivity index (χ0v) is 9.33. The molecule has 0 radical (unpaired) electrons. The molecular weight excluding hydrogens is 211 g/mol. The average molecular weight is 224 g/mol. The highest BCUT2D eigenvalue weighted by molar-refractivity contribution is 7.54. The highest BCUT2D eigenvalue weighted by atomic mass is 31.2. The summed E-state index contributed by atoms with van der Waals surface area (Å²) in [5.74, 6) is 6.89. The van der Waals surface area contributed by atoms with Crippen molar-refractivity contribution in [2.45, 2.75) is 12.8 Å². The Morgan fingerprint density at radius 2 is 1.80 bits per heavy atom. The fourth-order valence-electron chi connectivity index (χ4n) is 0.754. The summed E-state index contributed by atoms with van der Waals surface area (Å²) in [4.78, 5) is 0. The Kier molecular flexibility index (Phi) is 7.53. The minimum absolute atomic E-state index is 0.0753. The van der Waals surface area contributed by atoms with Crippen molar-refractivity contribution in [3.8, 4) is 37.0 Å². The molecule has 0 fully saturated rings. The van der Waals surface area contributed by atoms with E-state index in [1.54, 1.807) is 0 Å². The number of hydrogen-bond acceptors (Lipinski definition) is 3. The van der Waals surface area contributed by atoms with Crippen LogP contribution in [0.4, 0.5) is 0 Å². The first-order valence-corrected chi connectivity index (χ1v) is 6.10. The Morgan fingerprint density at radius 3 is 2.33 bits per heavy atom. The minimum Gasteiger partial charge on any atom is -0.308 e. The van der Waals surface area contributed by atoms with E-state index in [9.17, 15) is 4.57 Å². The van der Waals surface area contributed by atoms with Gasteiger partial charge in [0.15, 0.2) is 0 Å². The number of unbranched alkanes of at least 4 members (excludes halogenated alkanes) is 1. The standard InChI is InChI=1S/C11H13O3P/c1-4-7-8-10-14-15(12,11-6-3)13-9-5-2/h1-3H,7-11H2. The molecule has 0 aliphatic heterocycles. The maximum Gasteiger partial charge on any atom is 0.343 e. The SMILES string of the molecule is C#CCCCOP(=O)(CC#C)OCC#C. The first-order chi connectivity index (χ1) is 7.18. The second kappa shape index (κ2) is 8.16. The molecule has 0 amide bonds. The van der Waals surface area contributed by atoms with Gasteiger partial charge < -0.3 is 4.52 Å². The lowest BCUT2D eigenvalue weighted by Crippen LogP contribution is -2.01. The summed E-state index contributed by atoms with van der Waals surface area (Å²) in [6.07, 6.45) is 16.2. The third-order valence-corrected chi connectivity index (χ3v) is 3.05. The Morgan fingerprint density at radius 1 is 1.07 bits per heavy atom. The van der Waals surface area contributed by atoms with Gasteiger partial charge in [0.2, 0.25) is 0 Å². The van der Waals surface area contributed by atoms with Crippen LogP contribution in [0.2, 0.25) is 0 Å². The van der Waals surface area contributed by atoms with Gasteiger partial charge in [-0.25, -0.2) is 0 Å². The Bertz CT molecular complexity index is 340. The molecule has 0 saturated carbocycles. The van der Waals surface area contributed by atoms with Crippen molar-refractivity contribution < 1.29 is 13.6 Å². The Hall–Kier alpha value is -1.17. The zero-order chi connectivity index (χ0) is 11.6. The summed E-state index contributed by atoms with van der Waals surface area (Å²) in [5.41, 5.74) is 0. The molecule has 0 aromatic rings. The second-order valence-corrected chi connectivity index (χ2v) is 4.65. The maximum absolute atomic E-state index is 11.8. The van der Waals surface area contributed by atoms with Crippen LogP contribution >= 0.6 is 7.60 Å². The van der Waals surface area contributed by atoms with Gasteiger partial charge in [-0.15, -0.1) is 25.2 Å². The smallest absolute Gasteiger partial charge is 0.308 e. The molecule has 3 nitrogen and oxygen atoms in total. The van der Waals surface area contributed by atoms with E-state index in [0.29, 0.717) is 12.8 Å². The maximum atomic E-state index is 11.8. The first kappa shape index (κ1) is 13.8. The van der Waals surface area contributed by atoms with Gasteiger partial charge in [-0.2, -0.15) is 0 Å². The van der Waals surface area contributed by atoms with Crippen LogP contribution in [0.5, 0.6) is 0 Å². The quantitative estimate of drug-likeness (QED) is 0.376. The molecule has 0 rings (SSSR count). The molecule has 0 aromatic carbocycles. The van der Waals surface area contributed by atoms with Crippen LogP contribution in [-0.4, -0.2) is 19.4 Å². The summed E-state index contributed by atoms with van der Waals surface area (Å²) < 4.78 is 21.8. The molecule has 15 heavy (non-hydrogen) atoms. The molecule has 0 aliphatic carbocycles. The lowest BCUT2D eigenvalue weighted by molar-refractivity contribution is 0.222. The predicted molar refractivity (Wildman–Crippen MR) is 60.1 cm³/mol. The van der Waals surface area contributed by atoms with Gasteiger partial charge in [-0.1, -0.05) is 11.8 Å². The molecule has 80 valence electrons. The molecule has 1 atom stereocenters. The minimum atomic E-state index is -3.22. The number of hydrogen-bond donors (Lipinski definition) is 0. The van der Waals surface area contributed by atoms with Crippen molar-refractivity contribution >= 4 is 7.60 Å². The molecule has 0 saturated heterocycles. The normalized spacial score (nSPS) is 13.1. The van der Waals surface area contributed by atoms with Gasteiger partial charge in [0.1, 0.15) is 12.8 Å². The molecule has 0 heterocycles. The zero-order valence-electron chi connectivity index (χ0n) is 8.44. The molecule has 0 aliphatic rings. The van der Waals surface area contributed by atoms with Gasteiger partial charge in [-0.3, -0.25) is 9.09 Å². The topological polar surface area (TPSA) is 35.5 Å². The Balaban J connectivity index is 4.05. The third-order valence-electron chi connectivity index (χ3n) is 1.38. The lowest BCUT2D eigenvalue weighted by atomic mass is 10.3. The van der Waals surface area contributed by atoms with Gasteiger partial charge in [-0.05, 0) is 6.42 Å². The van der Waals surface area contributed by atoms with E-state index in [4.69, 9.17) is 28.3 Å². The average Bonchev–Trinajstić information content (AvgIpc) is 2.22. The van der Waals surface area contributed by atoms with E-state index in [-0.39, 0.29) is 19.4 Å². The summed E-state index contributed by atoms with van der Waals surface area (Å²) in [7, 11) is -3.22. The molecule has 4 heteroatoms. The van der Waals surface area contributed by atoms with Crippen molar-refractivity contribution in [1.29, 1.82) is 0 Å². The van der Waals surface area contributed by atoms with Crippen LogP contribution in [0.25, 0.3) is 0 Å². The van der Waals surface area contributed by atoms with Crippen LogP contribution in [0.15, 0.2) is 0 Å². The highest BCUT2D eigenvalue weighted by Crippen LogP contribution is 2.47. The van der Waals surface area contributed by atoms with Gasteiger partial charge in [0, 0.05) is 6.42 Å². The van der Waals surface area contributed by atoms with E-state index < -0.39 is 7.60 Å². The van der Waals surface area contributed by atoms with Crippen molar-refractivity contribution in [2.75, 3.05) is 19.4 Å². The van der Waals surface area contributed by atoms with E-state index in [0.717, 1.165) is 0 Å². The van der Waals surface area contributed by atoms with Crippen molar-refractivity contribution in [3.63, 3.8) is 0 Å². The van der Waals surface area contributed by atoms with E-state index in [2.05, 4.69) is 17.8 Å². The van der Waals surface area contributed by atoms with E-state index in [1.807, 2.05) is 0 Å². The summed E-state index contributed by atoms with van der Waals surface area (Å²) >= 11 is 0. The largest absolute Gasteiger partial charge is 0.343 e. The lowest BCUT2D eigenvalue weighted by Gasteiger charge is -2.14. The van der Waals surface area contributed by atoms with Crippen LogP contribution in [0, 0.1) is 37.0 Å². The number of terminal acetylenes is 3. The van der Waals surface area contributed by atoms with Crippen LogP contribution in [0.1, 0.15) is 12.8 Å². The third kappa shape index (κ3) is 6.84. The van der Waals surface area contributed by atoms with Gasteiger partial charge in [0.25, 0.3) is 0 Å². The number of rotatable bonds is 7. The molecule has 0 spiro atoms. The van der Waals surface area contributed by atoms with Crippen molar-refractivity contribution in [2.24, 2.45) is 0 Å². The summed E-state index contributed by atoms with van der Waals surface area (Å²) in [6, 6.07) is 0. The van der Waals surface area contributed by atoms with E-state index >= 15 is 0 Å². The highest BCUT2D eigenvalue weighted by Gasteiger charge is 2.22. The molecular formula is C11H13O3P. The fourth-order valence-corrected chi connectivity index (χ4v) is 1.91. The Labute approximate surface area is 91.1 Å². The fraction of sp³-hybridized carbons (Fsp3) is 0.455. The van der Waals surface area contributed by atoms with Gasteiger partial charge >= 0.3 is 7.60 Å². The van der Waals surface area contributed by atoms with Crippen LogP contribution in [-0.2, 0) is 13.6 Å². The van der Waals surface area contributed by atoms with Crippen LogP contribution < -0.4 is 0 Å². The molecule has 1 unspecified atom stereocenters.